The molecule has 8 heteroatoms. The Morgan fingerprint density at radius 2 is 1.84 bits per heavy atom. The molecule has 31 heavy (non-hydrogen) atoms. The van der Waals surface area contributed by atoms with E-state index < -0.39 is 5.97 Å². The molecule has 0 aliphatic heterocycles. The van der Waals surface area contributed by atoms with Gasteiger partial charge in [0, 0.05) is 17.3 Å². The fourth-order valence-electron chi connectivity index (χ4n) is 3.37. The molecule has 0 atom stereocenters. The number of aromatic nitrogens is 3. The van der Waals surface area contributed by atoms with Crippen LogP contribution in [0.1, 0.15) is 30.1 Å². The molecule has 0 saturated heterocycles. The highest BCUT2D eigenvalue weighted by Crippen LogP contribution is 2.28. The summed E-state index contributed by atoms with van der Waals surface area (Å²) in [5.74, 6) is 0.102. The van der Waals surface area contributed by atoms with Crippen molar-refractivity contribution in [3.05, 3.63) is 66.1 Å². The topological polar surface area (TPSA) is 99.2 Å². The van der Waals surface area contributed by atoms with Crippen LogP contribution in [0.2, 0.25) is 0 Å². The van der Waals surface area contributed by atoms with Gasteiger partial charge in [-0.05, 0) is 31.2 Å². The van der Waals surface area contributed by atoms with Gasteiger partial charge < -0.3 is 19.0 Å². The van der Waals surface area contributed by atoms with Crippen molar-refractivity contribution in [2.24, 2.45) is 0 Å². The fraction of sp³-hybridized carbons (Fsp3) is 0.217. The zero-order valence-electron chi connectivity index (χ0n) is 17.3. The van der Waals surface area contributed by atoms with Crippen molar-refractivity contribution in [3.8, 4) is 11.6 Å². The van der Waals surface area contributed by atoms with Gasteiger partial charge in [0.1, 0.15) is 12.2 Å². The van der Waals surface area contributed by atoms with E-state index >= 15 is 0 Å². The van der Waals surface area contributed by atoms with Crippen molar-refractivity contribution in [1.29, 1.82) is 0 Å². The van der Waals surface area contributed by atoms with Gasteiger partial charge in [0.15, 0.2) is 0 Å². The van der Waals surface area contributed by atoms with Crippen LogP contribution in [-0.4, -0.2) is 33.2 Å². The molecule has 0 aliphatic rings. The number of benzene rings is 2. The van der Waals surface area contributed by atoms with E-state index in [4.69, 9.17) is 9.15 Å². The highest BCUT2D eigenvalue weighted by molar-refractivity contribution is 6.01. The maximum absolute atomic E-state index is 13.0. The number of anilines is 1. The van der Waals surface area contributed by atoms with Gasteiger partial charge in [-0.2, -0.15) is 0 Å². The number of carbonyl (C=O) groups is 2. The third-order valence-electron chi connectivity index (χ3n) is 4.80. The zero-order valence-corrected chi connectivity index (χ0v) is 17.3. The van der Waals surface area contributed by atoms with E-state index in [0.29, 0.717) is 35.1 Å². The summed E-state index contributed by atoms with van der Waals surface area (Å²) >= 11 is 0. The molecule has 2 aromatic carbocycles. The zero-order chi connectivity index (χ0) is 21.8. The predicted octanol–water partition coefficient (Wildman–Crippen LogP) is 4.07. The Morgan fingerprint density at radius 1 is 1.06 bits per heavy atom. The first-order valence-corrected chi connectivity index (χ1v) is 10.1. The van der Waals surface area contributed by atoms with Crippen LogP contribution in [0.3, 0.4) is 0 Å². The molecule has 0 bridgehead atoms. The molecule has 0 unspecified atom stereocenters. The highest BCUT2D eigenvalue weighted by atomic mass is 16.5. The lowest BCUT2D eigenvalue weighted by atomic mass is 10.2. The summed E-state index contributed by atoms with van der Waals surface area (Å²) in [4.78, 5) is 25.2. The van der Waals surface area contributed by atoms with Gasteiger partial charge >= 0.3 is 5.97 Å². The molecule has 2 heterocycles. The lowest BCUT2D eigenvalue weighted by molar-refractivity contribution is -0.116. The van der Waals surface area contributed by atoms with Crippen LogP contribution >= 0.6 is 0 Å². The smallest absolute Gasteiger partial charge is 0.340 e. The number of nitrogens with one attached hydrogen (secondary N) is 1. The van der Waals surface area contributed by atoms with E-state index in [1.54, 1.807) is 31.2 Å². The molecular formula is C23H22N4O4. The van der Waals surface area contributed by atoms with Crippen molar-refractivity contribution in [2.75, 3.05) is 11.9 Å². The molecule has 0 aliphatic carbocycles. The normalized spacial score (nSPS) is 10.9. The van der Waals surface area contributed by atoms with Crippen molar-refractivity contribution >= 4 is 28.5 Å². The second kappa shape index (κ2) is 8.83. The van der Waals surface area contributed by atoms with Crippen molar-refractivity contribution in [3.63, 3.8) is 0 Å². The molecule has 1 amide bonds. The molecular weight excluding hydrogens is 396 g/mol. The molecule has 4 rings (SSSR count). The first kappa shape index (κ1) is 20.3. The number of para-hydroxylation sites is 2. The highest BCUT2D eigenvalue weighted by Gasteiger charge is 2.19. The lowest BCUT2D eigenvalue weighted by Gasteiger charge is -2.12. The largest absolute Gasteiger partial charge is 0.462 e. The standard InChI is InChI=1S/C23H22N4O4/c1-3-21-25-26-22(31-21)19-13-15-9-5-8-12-18(15)27(19)14-20(28)24-17-11-7-6-10-16(17)23(29)30-4-2/h5-13H,3-4,14H2,1-2H3,(H,24,28). The second-order valence-electron chi connectivity index (χ2n) is 6.84. The van der Waals surface area contributed by atoms with Gasteiger partial charge in [-0.3, -0.25) is 4.79 Å². The molecule has 0 spiro atoms. The third-order valence-corrected chi connectivity index (χ3v) is 4.80. The first-order chi connectivity index (χ1) is 15.1. The Bertz CT molecular complexity index is 1240. The number of aryl methyl sites for hydroxylation is 1. The summed E-state index contributed by atoms with van der Waals surface area (Å²) in [6.45, 7) is 3.92. The lowest BCUT2D eigenvalue weighted by Crippen LogP contribution is -2.21. The minimum Gasteiger partial charge on any atom is -0.462 e. The quantitative estimate of drug-likeness (QED) is 0.454. The number of ether oxygens (including phenoxy) is 1. The summed E-state index contributed by atoms with van der Waals surface area (Å²) in [6.07, 6.45) is 0.623. The maximum Gasteiger partial charge on any atom is 0.340 e. The minimum atomic E-state index is -0.483. The van der Waals surface area contributed by atoms with E-state index in [0.717, 1.165) is 10.9 Å². The van der Waals surface area contributed by atoms with Crippen molar-refractivity contribution in [2.45, 2.75) is 26.8 Å². The maximum atomic E-state index is 13.0. The third kappa shape index (κ3) is 4.18. The average Bonchev–Trinajstić information content (AvgIpc) is 3.39. The number of carbonyl (C=O) groups excluding carboxylic acids is 2. The summed E-state index contributed by atoms with van der Waals surface area (Å²) in [5.41, 5.74) is 2.22. The number of nitrogens with zero attached hydrogens (tertiary/aromatic N) is 3. The monoisotopic (exact) mass is 418 g/mol. The Hall–Kier alpha value is -3.94. The van der Waals surface area contributed by atoms with Crippen molar-refractivity contribution < 1.29 is 18.7 Å². The SMILES string of the molecule is CCOC(=O)c1ccccc1NC(=O)Cn1c(-c2nnc(CC)o2)cc2ccccc21. The van der Waals surface area contributed by atoms with Crippen LogP contribution in [0.4, 0.5) is 5.69 Å². The van der Waals surface area contributed by atoms with Crippen LogP contribution < -0.4 is 5.32 Å². The van der Waals surface area contributed by atoms with E-state index in [-0.39, 0.29) is 19.1 Å². The molecule has 4 aromatic rings. The number of fused-ring (bicyclic) bond motifs is 1. The first-order valence-electron chi connectivity index (χ1n) is 10.1. The predicted molar refractivity (Wildman–Crippen MR) is 116 cm³/mol. The number of hydrogen-bond donors (Lipinski definition) is 1. The van der Waals surface area contributed by atoms with E-state index in [1.807, 2.05) is 41.8 Å². The molecule has 0 radical (unpaired) electrons. The Kier molecular flexibility index (Phi) is 5.79. The Morgan fingerprint density at radius 3 is 2.61 bits per heavy atom. The van der Waals surface area contributed by atoms with Crippen molar-refractivity contribution in [1.82, 2.24) is 14.8 Å². The second-order valence-corrected chi connectivity index (χ2v) is 6.84. The summed E-state index contributed by atoms with van der Waals surface area (Å²) in [5, 5.41) is 11.9. The molecule has 0 fully saturated rings. The van der Waals surface area contributed by atoms with Gasteiger partial charge in [0.25, 0.3) is 5.89 Å². The van der Waals surface area contributed by atoms with Gasteiger partial charge in [-0.25, -0.2) is 4.79 Å². The van der Waals surface area contributed by atoms with Crippen LogP contribution in [0, 0.1) is 0 Å². The summed E-state index contributed by atoms with van der Waals surface area (Å²) in [6, 6.07) is 16.4. The van der Waals surface area contributed by atoms with Crippen LogP contribution in [0.15, 0.2) is 59.0 Å². The van der Waals surface area contributed by atoms with Gasteiger partial charge in [-0.15, -0.1) is 10.2 Å². The van der Waals surface area contributed by atoms with Crippen LogP contribution in [0.25, 0.3) is 22.5 Å². The van der Waals surface area contributed by atoms with Crippen LogP contribution in [0.5, 0.6) is 0 Å². The van der Waals surface area contributed by atoms with E-state index in [1.165, 1.54) is 0 Å². The minimum absolute atomic E-state index is 0.00381. The van der Waals surface area contributed by atoms with Gasteiger partial charge in [0.2, 0.25) is 11.8 Å². The summed E-state index contributed by atoms with van der Waals surface area (Å²) in [7, 11) is 0. The molecule has 8 nitrogen and oxygen atoms in total. The summed E-state index contributed by atoms with van der Waals surface area (Å²) < 4.78 is 12.6. The number of hydrogen-bond acceptors (Lipinski definition) is 6. The van der Waals surface area contributed by atoms with Gasteiger partial charge in [0.05, 0.1) is 17.9 Å². The van der Waals surface area contributed by atoms with Gasteiger partial charge in [-0.1, -0.05) is 37.3 Å². The van der Waals surface area contributed by atoms with E-state index in [2.05, 4.69) is 15.5 Å². The average molecular weight is 418 g/mol. The molecule has 1 N–H and O–H groups in total. The Balaban J connectivity index is 1.65. The molecule has 158 valence electrons. The number of esters is 1. The Labute approximate surface area is 178 Å². The molecule has 0 saturated carbocycles. The molecule has 2 aromatic heterocycles. The number of rotatable bonds is 7. The van der Waals surface area contributed by atoms with E-state index in [9.17, 15) is 9.59 Å². The van der Waals surface area contributed by atoms with Crippen LogP contribution in [-0.2, 0) is 22.5 Å². The number of amides is 1. The fourth-order valence-corrected chi connectivity index (χ4v) is 3.37.